The molecule has 0 spiro atoms. The number of aryl methyl sites for hydroxylation is 1. The van der Waals surface area contributed by atoms with E-state index in [0.29, 0.717) is 31.1 Å². The second kappa shape index (κ2) is 4.84. The van der Waals surface area contributed by atoms with Crippen molar-refractivity contribution < 1.29 is 9.53 Å². The van der Waals surface area contributed by atoms with Gasteiger partial charge in [0, 0.05) is 25.2 Å². The zero-order valence-corrected chi connectivity index (χ0v) is 12.6. The highest BCUT2D eigenvalue weighted by atomic mass is 16.5. The summed E-state index contributed by atoms with van der Waals surface area (Å²) < 4.78 is 5.40. The molecule has 1 saturated carbocycles. The van der Waals surface area contributed by atoms with Crippen LogP contribution in [0.25, 0.3) is 0 Å². The zero-order chi connectivity index (χ0) is 14.4. The second-order valence-corrected chi connectivity index (χ2v) is 7.10. The molecule has 3 heteroatoms. The third-order valence-electron chi connectivity index (χ3n) is 5.77. The number of ether oxygens (including phenoxy) is 1. The van der Waals surface area contributed by atoms with Crippen molar-refractivity contribution in [3.63, 3.8) is 0 Å². The van der Waals surface area contributed by atoms with Crippen LogP contribution in [0, 0.1) is 11.3 Å². The Balaban J connectivity index is 1.47. The van der Waals surface area contributed by atoms with Gasteiger partial charge in [-0.1, -0.05) is 31.2 Å². The Bertz CT molecular complexity index is 562. The fraction of sp³-hybridized carbons (Fsp3) is 0.611. The number of rotatable bonds is 2. The van der Waals surface area contributed by atoms with Gasteiger partial charge < -0.3 is 10.1 Å². The van der Waals surface area contributed by atoms with E-state index in [9.17, 15) is 4.79 Å². The van der Waals surface area contributed by atoms with Crippen LogP contribution >= 0.6 is 0 Å². The maximum Gasteiger partial charge on any atom is 0.226 e. The van der Waals surface area contributed by atoms with Gasteiger partial charge in [-0.25, -0.2) is 0 Å². The predicted octanol–water partition coefficient (Wildman–Crippen LogP) is 2.65. The van der Waals surface area contributed by atoms with Crippen LogP contribution in [-0.4, -0.2) is 25.2 Å². The van der Waals surface area contributed by atoms with Crippen molar-refractivity contribution in [1.29, 1.82) is 0 Å². The topological polar surface area (TPSA) is 38.3 Å². The number of hydrogen-bond acceptors (Lipinski definition) is 2. The Morgan fingerprint density at radius 3 is 2.86 bits per heavy atom. The van der Waals surface area contributed by atoms with Crippen molar-refractivity contribution in [3.8, 4) is 0 Å². The van der Waals surface area contributed by atoms with Gasteiger partial charge in [0.05, 0.1) is 5.41 Å². The van der Waals surface area contributed by atoms with Crippen LogP contribution in [0.4, 0.5) is 0 Å². The highest BCUT2D eigenvalue weighted by Gasteiger charge is 2.54. The number of fused-ring (bicyclic) bond motifs is 3. The van der Waals surface area contributed by atoms with E-state index in [-0.39, 0.29) is 11.3 Å². The highest BCUT2D eigenvalue weighted by molar-refractivity contribution is 5.83. The third-order valence-corrected chi connectivity index (χ3v) is 5.77. The van der Waals surface area contributed by atoms with Crippen LogP contribution in [0.3, 0.4) is 0 Å². The summed E-state index contributed by atoms with van der Waals surface area (Å²) in [5.74, 6) is 1.46. The van der Waals surface area contributed by atoms with E-state index in [1.165, 1.54) is 17.5 Å². The Morgan fingerprint density at radius 1 is 1.29 bits per heavy atom. The van der Waals surface area contributed by atoms with Crippen LogP contribution in [0.2, 0.25) is 0 Å². The smallest absolute Gasteiger partial charge is 0.226 e. The summed E-state index contributed by atoms with van der Waals surface area (Å²) in [5, 5.41) is 3.35. The zero-order valence-electron chi connectivity index (χ0n) is 12.6. The molecule has 1 saturated heterocycles. The molecular weight excluding hydrogens is 262 g/mol. The Morgan fingerprint density at radius 2 is 2.05 bits per heavy atom. The molecule has 1 N–H and O–H groups in total. The fourth-order valence-electron chi connectivity index (χ4n) is 4.14. The van der Waals surface area contributed by atoms with Crippen LogP contribution in [-0.2, 0) is 16.0 Å². The summed E-state index contributed by atoms with van der Waals surface area (Å²) in [5.41, 5.74) is 2.72. The number of carbonyl (C=O) groups is 1. The van der Waals surface area contributed by atoms with Gasteiger partial charge in [-0.05, 0) is 42.7 Å². The number of benzene rings is 1. The molecule has 3 unspecified atom stereocenters. The Hall–Kier alpha value is -1.35. The van der Waals surface area contributed by atoms with Crippen LogP contribution in [0.5, 0.6) is 0 Å². The number of carbonyl (C=O) groups excluding carboxylic acids is 1. The molecule has 1 aromatic carbocycles. The summed E-state index contributed by atoms with van der Waals surface area (Å²) >= 11 is 0. The first-order valence-electron chi connectivity index (χ1n) is 8.16. The van der Waals surface area contributed by atoms with E-state index >= 15 is 0 Å². The van der Waals surface area contributed by atoms with Crippen LogP contribution in [0.1, 0.15) is 43.2 Å². The molecule has 1 heterocycles. The van der Waals surface area contributed by atoms with E-state index < -0.39 is 0 Å². The van der Waals surface area contributed by atoms with Crippen molar-refractivity contribution in [2.75, 3.05) is 13.2 Å². The van der Waals surface area contributed by atoms with Gasteiger partial charge in [0.1, 0.15) is 0 Å². The van der Waals surface area contributed by atoms with E-state index in [2.05, 4.69) is 36.5 Å². The van der Waals surface area contributed by atoms with Gasteiger partial charge in [0.15, 0.2) is 0 Å². The molecule has 1 aromatic rings. The fourth-order valence-corrected chi connectivity index (χ4v) is 4.14. The standard InChI is InChI=1S/C18H23NO2/c1-18(8-10-21-11-9-18)17(20)19-16-14-7-6-12-4-2-3-5-13(12)15(14)16/h2-5,14-16H,6-11H2,1H3,(H,19,20). The van der Waals surface area contributed by atoms with Gasteiger partial charge in [-0.3, -0.25) is 4.79 Å². The quantitative estimate of drug-likeness (QED) is 0.907. The molecule has 0 bridgehead atoms. The van der Waals surface area contributed by atoms with Gasteiger partial charge >= 0.3 is 0 Å². The molecule has 2 aliphatic carbocycles. The molecule has 0 radical (unpaired) electrons. The lowest BCUT2D eigenvalue weighted by Crippen LogP contribution is -2.44. The molecule has 3 aliphatic rings. The molecule has 21 heavy (non-hydrogen) atoms. The average molecular weight is 285 g/mol. The second-order valence-electron chi connectivity index (χ2n) is 7.10. The molecule has 2 fully saturated rings. The lowest BCUT2D eigenvalue weighted by Gasteiger charge is -2.32. The van der Waals surface area contributed by atoms with Crippen LogP contribution in [0.15, 0.2) is 24.3 Å². The first kappa shape index (κ1) is 13.3. The van der Waals surface area contributed by atoms with E-state index in [1.807, 2.05) is 0 Å². The minimum Gasteiger partial charge on any atom is -0.381 e. The van der Waals surface area contributed by atoms with E-state index in [0.717, 1.165) is 19.3 Å². The average Bonchev–Trinajstić information content (AvgIpc) is 3.22. The Kier molecular flexibility index (Phi) is 3.07. The molecule has 3 nitrogen and oxygen atoms in total. The van der Waals surface area contributed by atoms with Crippen molar-refractivity contribution in [3.05, 3.63) is 35.4 Å². The van der Waals surface area contributed by atoms with Gasteiger partial charge in [0.2, 0.25) is 5.91 Å². The van der Waals surface area contributed by atoms with E-state index in [1.54, 1.807) is 0 Å². The predicted molar refractivity (Wildman–Crippen MR) is 81.1 cm³/mol. The van der Waals surface area contributed by atoms with Crippen molar-refractivity contribution in [2.45, 2.75) is 44.6 Å². The van der Waals surface area contributed by atoms with Gasteiger partial charge in [-0.2, -0.15) is 0 Å². The largest absolute Gasteiger partial charge is 0.381 e. The molecule has 112 valence electrons. The molecular formula is C18H23NO2. The van der Waals surface area contributed by atoms with E-state index in [4.69, 9.17) is 4.74 Å². The van der Waals surface area contributed by atoms with Gasteiger partial charge in [-0.15, -0.1) is 0 Å². The summed E-state index contributed by atoms with van der Waals surface area (Å²) in [6.45, 7) is 3.51. The molecule has 1 amide bonds. The van der Waals surface area contributed by atoms with Crippen LogP contribution < -0.4 is 5.32 Å². The number of nitrogens with one attached hydrogen (secondary N) is 1. The molecule has 1 aliphatic heterocycles. The molecule has 3 atom stereocenters. The number of hydrogen-bond donors (Lipinski definition) is 1. The maximum absolute atomic E-state index is 12.7. The summed E-state index contributed by atoms with van der Waals surface area (Å²) in [6, 6.07) is 9.09. The minimum atomic E-state index is -0.233. The minimum absolute atomic E-state index is 0.233. The van der Waals surface area contributed by atoms with Gasteiger partial charge in [0.25, 0.3) is 0 Å². The maximum atomic E-state index is 12.7. The summed E-state index contributed by atoms with van der Waals surface area (Å²) in [4.78, 5) is 12.7. The first-order valence-corrected chi connectivity index (χ1v) is 8.16. The lowest BCUT2D eigenvalue weighted by atomic mass is 9.81. The molecule has 0 aromatic heterocycles. The number of amides is 1. The summed E-state index contributed by atoms with van der Waals surface area (Å²) in [6.07, 6.45) is 4.07. The van der Waals surface area contributed by atoms with Crippen molar-refractivity contribution in [1.82, 2.24) is 5.32 Å². The third kappa shape index (κ3) is 2.18. The normalized spacial score (nSPS) is 32.7. The highest BCUT2D eigenvalue weighted by Crippen LogP contribution is 2.54. The first-order chi connectivity index (χ1) is 10.2. The summed E-state index contributed by atoms with van der Waals surface area (Å²) in [7, 11) is 0. The van der Waals surface area contributed by atoms with Crippen molar-refractivity contribution in [2.24, 2.45) is 11.3 Å². The SMILES string of the molecule is CC1(C(=O)NC2C3CCc4ccccc4C32)CCOCC1. The van der Waals surface area contributed by atoms with Crippen molar-refractivity contribution >= 4 is 5.91 Å². The monoisotopic (exact) mass is 285 g/mol. The lowest BCUT2D eigenvalue weighted by molar-refractivity contribution is -0.135. The molecule has 4 rings (SSSR count). The Labute approximate surface area is 126 Å².